The van der Waals surface area contributed by atoms with Gasteiger partial charge in [0.1, 0.15) is 5.75 Å². The largest absolute Gasteiger partial charge is 0.491 e. The molecule has 0 aliphatic rings. The van der Waals surface area contributed by atoms with Crippen LogP contribution in [0.25, 0.3) is 0 Å². The van der Waals surface area contributed by atoms with Gasteiger partial charge in [-0.25, -0.2) is 8.42 Å². The molecule has 0 aliphatic carbocycles. The highest BCUT2D eigenvalue weighted by Crippen LogP contribution is 2.21. The lowest BCUT2D eigenvalue weighted by Gasteiger charge is -2.20. The molecule has 0 atom stereocenters. The van der Waals surface area contributed by atoms with Crippen LogP contribution in [-0.2, 0) is 10.0 Å². The lowest BCUT2D eigenvalue weighted by Crippen LogP contribution is -2.35. The molecule has 1 amide bonds. The number of carbonyl (C=O) groups excluding carboxylic acids is 1. The van der Waals surface area contributed by atoms with Crippen molar-refractivity contribution in [2.24, 2.45) is 0 Å². The highest BCUT2D eigenvalue weighted by molar-refractivity contribution is 7.92. The summed E-state index contributed by atoms with van der Waals surface area (Å²) < 4.78 is 31.6. The Kier molecular flexibility index (Phi) is 6.62. The molecule has 8 nitrogen and oxygen atoms in total. The molecule has 1 aromatic carbocycles. The minimum Gasteiger partial charge on any atom is -0.491 e. The van der Waals surface area contributed by atoms with Crippen molar-refractivity contribution in [3.05, 3.63) is 58.5 Å². The highest BCUT2D eigenvalue weighted by Gasteiger charge is 2.19. The van der Waals surface area contributed by atoms with Crippen LogP contribution in [0.4, 0.5) is 5.69 Å². The van der Waals surface area contributed by atoms with Crippen LogP contribution in [0.5, 0.6) is 5.75 Å². The van der Waals surface area contributed by atoms with Gasteiger partial charge in [0.25, 0.3) is 5.91 Å². The number of nitrogens with one attached hydrogen (secondary N) is 2. The Bertz CT molecular complexity index is 916. The highest BCUT2D eigenvalue weighted by atomic mass is 32.2. The minimum atomic E-state index is -3.61. The predicted octanol–water partition coefficient (Wildman–Crippen LogP) is 1.36. The maximum atomic E-state index is 12.5. The van der Waals surface area contributed by atoms with Crippen molar-refractivity contribution in [3.8, 4) is 5.75 Å². The topological polar surface area (TPSA) is 109 Å². The van der Waals surface area contributed by atoms with E-state index in [-0.39, 0.29) is 29.5 Å². The van der Waals surface area contributed by atoms with E-state index in [9.17, 15) is 18.0 Å². The van der Waals surface area contributed by atoms with Gasteiger partial charge in [-0.1, -0.05) is 0 Å². The molecule has 2 rings (SSSR count). The second-order valence-electron chi connectivity index (χ2n) is 6.14. The number of amides is 1. The molecule has 0 fully saturated rings. The van der Waals surface area contributed by atoms with Crippen molar-refractivity contribution >= 4 is 21.6 Å². The normalized spacial score (nSPS) is 11.3. The summed E-state index contributed by atoms with van der Waals surface area (Å²) in [6, 6.07) is 9.34. The Labute approximate surface area is 158 Å². The molecule has 0 spiro atoms. The fourth-order valence-corrected chi connectivity index (χ4v) is 3.33. The second-order valence-corrected chi connectivity index (χ2v) is 8.26. The second kappa shape index (κ2) is 8.72. The van der Waals surface area contributed by atoms with Gasteiger partial charge in [0.05, 0.1) is 23.1 Å². The number of nitrogens with zero attached hydrogens (tertiary/aromatic N) is 1. The molecule has 2 aromatic rings. The monoisotopic (exact) mass is 393 g/mol. The Hall–Kier alpha value is -2.81. The number of benzene rings is 1. The number of hydrogen-bond acceptors (Lipinski definition) is 5. The van der Waals surface area contributed by atoms with Gasteiger partial charge in [-0.05, 0) is 44.2 Å². The third-order valence-electron chi connectivity index (χ3n) is 3.68. The van der Waals surface area contributed by atoms with E-state index in [1.165, 1.54) is 25.4 Å². The first-order chi connectivity index (χ1) is 12.7. The number of aromatic amines is 1. The zero-order valence-corrected chi connectivity index (χ0v) is 16.2. The summed E-state index contributed by atoms with van der Waals surface area (Å²) >= 11 is 0. The number of aromatic nitrogens is 1. The summed E-state index contributed by atoms with van der Waals surface area (Å²) in [6.07, 6.45) is 1.31. The summed E-state index contributed by atoms with van der Waals surface area (Å²) in [5.74, 6) is -0.0601. The number of hydrogen-bond donors (Lipinski definition) is 2. The lowest BCUT2D eigenvalue weighted by atomic mass is 10.3. The van der Waals surface area contributed by atoms with E-state index in [0.29, 0.717) is 11.4 Å². The predicted molar refractivity (Wildman–Crippen MR) is 104 cm³/mol. The fraction of sp³-hybridized carbons (Fsp3) is 0.333. The van der Waals surface area contributed by atoms with Gasteiger partial charge in [-0.3, -0.25) is 13.9 Å². The Morgan fingerprint density at radius 1 is 1.19 bits per heavy atom. The molecule has 2 N–H and O–H groups in total. The van der Waals surface area contributed by atoms with E-state index >= 15 is 0 Å². The van der Waals surface area contributed by atoms with Crippen molar-refractivity contribution < 1.29 is 17.9 Å². The third kappa shape index (κ3) is 5.85. The Morgan fingerprint density at radius 2 is 1.85 bits per heavy atom. The average molecular weight is 393 g/mol. The Balaban J connectivity index is 1.94. The zero-order chi connectivity index (χ0) is 20.0. The van der Waals surface area contributed by atoms with Crippen LogP contribution in [0.15, 0.2) is 47.4 Å². The Morgan fingerprint density at radius 3 is 2.41 bits per heavy atom. The molecule has 0 bridgehead atoms. The SMILES string of the molecule is CC(C)Oc1ccc(N(C)S(=O)(=O)CCNC(=O)c2ccc(=O)[nH]c2)cc1. The van der Waals surface area contributed by atoms with E-state index in [4.69, 9.17) is 4.74 Å². The van der Waals surface area contributed by atoms with Crippen LogP contribution in [0.1, 0.15) is 24.2 Å². The summed E-state index contributed by atoms with van der Waals surface area (Å²) in [6.45, 7) is 3.76. The first kappa shape index (κ1) is 20.5. The zero-order valence-electron chi connectivity index (χ0n) is 15.4. The van der Waals surface area contributed by atoms with Crippen molar-refractivity contribution in [2.45, 2.75) is 20.0 Å². The maximum absolute atomic E-state index is 12.5. The van der Waals surface area contributed by atoms with Crippen molar-refractivity contribution in [1.82, 2.24) is 10.3 Å². The van der Waals surface area contributed by atoms with Gasteiger partial charge in [0.15, 0.2) is 0 Å². The van der Waals surface area contributed by atoms with Crippen molar-refractivity contribution in [1.29, 1.82) is 0 Å². The molecule has 27 heavy (non-hydrogen) atoms. The summed E-state index contributed by atoms with van der Waals surface area (Å²) in [5, 5.41) is 2.52. The fourth-order valence-electron chi connectivity index (χ4n) is 2.25. The molecule has 0 aliphatic heterocycles. The molecule has 0 saturated heterocycles. The molecule has 0 saturated carbocycles. The number of rotatable bonds is 8. The minimum absolute atomic E-state index is 0.0309. The maximum Gasteiger partial charge on any atom is 0.252 e. The van der Waals surface area contributed by atoms with Crippen LogP contribution in [0, 0.1) is 0 Å². The van der Waals surface area contributed by atoms with Gasteiger partial charge in [-0.15, -0.1) is 0 Å². The summed E-state index contributed by atoms with van der Waals surface area (Å²) in [5.41, 5.74) is 0.430. The van der Waals surface area contributed by atoms with Gasteiger partial charge < -0.3 is 15.0 Å². The quantitative estimate of drug-likeness (QED) is 0.704. The van der Waals surface area contributed by atoms with Gasteiger partial charge in [-0.2, -0.15) is 0 Å². The van der Waals surface area contributed by atoms with Crippen LogP contribution in [0.2, 0.25) is 0 Å². The average Bonchev–Trinajstić information content (AvgIpc) is 2.61. The smallest absolute Gasteiger partial charge is 0.252 e. The number of H-pyrrole nitrogens is 1. The number of anilines is 1. The van der Waals surface area contributed by atoms with Crippen molar-refractivity contribution in [2.75, 3.05) is 23.7 Å². The standard InChI is InChI=1S/C18H23N3O5S/c1-13(2)26-16-7-5-15(6-8-16)21(3)27(24,25)11-10-19-18(23)14-4-9-17(22)20-12-14/h4-9,12-13H,10-11H2,1-3H3,(H,19,23)(H,20,22). The molecule has 1 aromatic heterocycles. The first-order valence-corrected chi connectivity index (χ1v) is 10.0. The summed E-state index contributed by atoms with van der Waals surface area (Å²) in [7, 11) is -2.16. The number of ether oxygens (including phenoxy) is 1. The third-order valence-corrected chi connectivity index (χ3v) is 5.45. The van der Waals surface area contributed by atoms with Gasteiger partial charge in [0, 0.05) is 25.9 Å². The molecule has 0 radical (unpaired) electrons. The van der Waals surface area contributed by atoms with Gasteiger partial charge in [0.2, 0.25) is 15.6 Å². The first-order valence-electron chi connectivity index (χ1n) is 8.39. The lowest BCUT2D eigenvalue weighted by molar-refractivity contribution is 0.0955. The summed E-state index contributed by atoms with van der Waals surface area (Å²) in [4.78, 5) is 25.3. The van der Waals surface area contributed by atoms with Crippen LogP contribution in [-0.4, -0.2) is 44.8 Å². The molecule has 1 heterocycles. The van der Waals surface area contributed by atoms with Gasteiger partial charge >= 0.3 is 0 Å². The molecule has 9 heteroatoms. The van der Waals surface area contributed by atoms with E-state index < -0.39 is 15.9 Å². The van der Waals surface area contributed by atoms with Crippen LogP contribution < -0.4 is 19.9 Å². The van der Waals surface area contributed by atoms with E-state index in [2.05, 4.69) is 10.3 Å². The van der Waals surface area contributed by atoms with Crippen molar-refractivity contribution in [3.63, 3.8) is 0 Å². The number of sulfonamides is 1. The van der Waals surface area contributed by atoms with Crippen LogP contribution in [0.3, 0.4) is 0 Å². The molecule has 146 valence electrons. The molecular weight excluding hydrogens is 370 g/mol. The van der Waals surface area contributed by atoms with E-state index in [1.54, 1.807) is 24.3 Å². The molecular formula is C18H23N3O5S. The molecule has 0 unspecified atom stereocenters. The van der Waals surface area contributed by atoms with Crippen LogP contribution >= 0.6 is 0 Å². The number of carbonyl (C=O) groups is 1. The number of pyridine rings is 1. The van der Waals surface area contributed by atoms with E-state index in [0.717, 1.165) is 4.31 Å². The van der Waals surface area contributed by atoms with E-state index in [1.807, 2.05) is 13.8 Å².